The van der Waals surface area contributed by atoms with Crippen molar-refractivity contribution < 1.29 is 19.2 Å². The highest BCUT2D eigenvalue weighted by molar-refractivity contribution is 5.75. The number of aliphatic hydroxyl groups is 1. The van der Waals surface area contributed by atoms with E-state index in [-0.39, 0.29) is 29.9 Å². The molecule has 0 amide bonds. The van der Waals surface area contributed by atoms with Gasteiger partial charge in [-0.05, 0) is 6.07 Å². The van der Waals surface area contributed by atoms with Gasteiger partial charge >= 0.3 is 5.76 Å². The molecule has 0 spiro atoms. The Balaban J connectivity index is 2.46. The van der Waals surface area contributed by atoms with Crippen molar-refractivity contribution in [1.82, 2.24) is 4.57 Å². The van der Waals surface area contributed by atoms with Gasteiger partial charge in [0.1, 0.15) is 0 Å². The van der Waals surface area contributed by atoms with Gasteiger partial charge in [-0.25, -0.2) is 4.79 Å². The van der Waals surface area contributed by atoms with Gasteiger partial charge < -0.3 is 14.3 Å². The van der Waals surface area contributed by atoms with E-state index >= 15 is 0 Å². The lowest BCUT2D eigenvalue weighted by atomic mass is 10.3. The first-order chi connectivity index (χ1) is 9.02. The third-order valence-electron chi connectivity index (χ3n) is 2.61. The summed E-state index contributed by atoms with van der Waals surface area (Å²) in [6.45, 7) is -0.00508. The van der Waals surface area contributed by atoms with Crippen molar-refractivity contribution in [3.8, 4) is 0 Å². The summed E-state index contributed by atoms with van der Waals surface area (Å²) in [6.07, 6.45) is -0.900. The molecule has 2 rings (SSSR count). The molecule has 8 heteroatoms. The number of ether oxygens (including phenoxy) is 1. The number of non-ortho nitro benzene ring substituents is 1. The molecule has 0 bridgehead atoms. The average Bonchev–Trinajstić information content (AvgIpc) is 2.65. The van der Waals surface area contributed by atoms with Crippen LogP contribution in [0.2, 0.25) is 0 Å². The summed E-state index contributed by atoms with van der Waals surface area (Å²) < 4.78 is 10.9. The van der Waals surface area contributed by atoms with E-state index < -0.39 is 16.8 Å². The fourth-order valence-corrected chi connectivity index (χ4v) is 1.79. The van der Waals surface area contributed by atoms with Crippen LogP contribution in [0.4, 0.5) is 5.69 Å². The highest BCUT2D eigenvalue weighted by Gasteiger charge is 2.16. The molecule has 0 saturated carbocycles. The van der Waals surface area contributed by atoms with Crippen LogP contribution in [0.25, 0.3) is 11.1 Å². The van der Waals surface area contributed by atoms with Crippen LogP contribution in [-0.4, -0.2) is 34.4 Å². The molecule has 1 heterocycles. The van der Waals surface area contributed by atoms with Crippen molar-refractivity contribution in [1.29, 1.82) is 0 Å². The van der Waals surface area contributed by atoms with Gasteiger partial charge in [0.05, 0.1) is 29.7 Å². The number of fused-ring (bicyclic) bond motifs is 1. The van der Waals surface area contributed by atoms with E-state index in [1.807, 2.05) is 0 Å². The first kappa shape index (κ1) is 13.2. The van der Waals surface area contributed by atoms with Crippen LogP contribution >= 0.6 is 0 Å². The summed E-state index contributed by atoms with van der Waals surface area (Å²) >= 11 is 0. The van der Waals surface area contributed by atoms with Crippen molar-refractivity contribution in [2.24, 2.45) is 0 Å². The van der Waals surface area contributed by atoms with Crippen LogP contribution in [-0.2, 0) is 11.3 Å². The zero-order chi connectivity index (χ0) is 14.0. The minimum atomic E-state index is -0.900. The first-order valence-electron chi connectivity index (χ1n) is 5.47. The zero-order valence-electron chi connectivity index (χ0n) is 10.1. The van der Waals surface area contributed by atoms with Crippen molar-refractivity contribution in [3.05, 3.63) is 38.9 Å². The van der Waals surface area contributed by atoms with E-state index in [0.717, 1.165) is 4.57 Å². The number of rotatable bonds is 5. The molecule has 0 fully saturated rings. The van der Waals surface area contributed by atoms with E-state index in [9.17, 15) is 20.0 Å². The van der Waals surface area contributed by atoms with Gasteiger partial charge in [0.15, 0.2) is 5.58 Å². The van der Waals surface area contributed by atoms with E-state index in [2.05, 4.69) is 0 Å². The SMILES string of the molecule is COCC(O)Cn1c(=O)oc2ccc([N+](=O)[O-])cc21. The Morgan fingerprint density at radius 3 is 2.95 bits per heavy atom. The zero-order valence-corrected chi connectivity index (χ0v) is 10.1. The number of nitro benzene ring substituents is 1. The highest BCUT2D eigenvalue weighted by atomic mass is 16.6. The van der Waals surface area contributed by atoms with Crippen LogP contribution in [0, 0.1) is 10.1 Å². The molecule has 0 aliphatic heterocycles. The molecular formula is C11H12N2O6. The first-order valence-corrected chi connectivity index (χ1v) is 5.47. The summed E-state index contributed by atoms with van der Waals surface area (Å²) in [5.74, 6) is -0.675. The minimum absolute atomic E-state index is 0.0496. The van der Waals surface area contributed by atoms with Crippen LogP contribution in [0.15, 0.2) is 27.4 Å². The number of hydrogen-bond acceptors (Lipinski definition) is 6. The number of oxazole rings is 1. The second kappa shape index (κ2) is 5.21. The molecule has 1 atom stereocenters. The van der Waals surface area contributed by atoms with Gasteiger partial charge in [-0.2, -0.15) is 0 Å². The molecule has 0 radical (unpaired) electrons. The maximum Gasteiger partial charge on any atom is 0.420 e. The molecular weight excluding hydrogens is 256 g/mol. The summed E-state index contributed by atoms with van der Waals surface area (Å²) in [5.41, 5.74) is 0.359. The molecule has 19 heavy (non-hydrogen) atoms. The highest BCUT2D eigenvalue weighted by Crippen LogP contribution is 2.20. The summed E-state index contributed by atoms with van der Waals surface area (Å²) in [5, 5.41) is 20.3. The maximum atomic E-state index is 11.6. The van der Waals surface area contributed by atoms with Gasteiger partial charge in [0, 0.05) is 19.2 Å². The van der Waals surface area contributed by atoms with Crippen molar-refractivity contribution in [2.45, 2.75) is 12.6 Å². The molecule has 0 aliphatic rings. The molecule has 1 unspecified atom stereocenters. The normalized spacial score (nSPS) is 12.7. The lowest BCUT2D eigenvalue weighted by Crippen LogP contribution is -2.26. The summed E-state index contributed by atoms with van der Waals surface area (Å²) in [4.78, 5) is 21.8. The predicted octanol–water partition coefficient (Wildman–Crippen LogP) is 0.510. The molecule has 0 aliphatic carbocycles. The second-order valence-electron chi connectivity index (χ2n) is 4.00. The Kier molecular flexibility index (Phi) is 3.63. The topological polar surface area (TPSA) is 108 Å². The van der Waals surface area contributed by atoms with Gasteiger partial charge in [0.25, 0.3) is 5.69 Å². The lowest BCUT2D eigenvalue weighted by Gasteiger charge is -2.09. The van der Waals surface area contributed by atoms with Crippen molar-refractivity contribution in [3.63, 3.8) is 0 Å². The van der Waals surface area contributed by atoms with E-state index in [1.165, 1.54) is 25.3 Å². The minimum Gasteiger partial charge on any atom is -0.408 e. The van der Waals surface area contributed by atoms with Crippen LogP contribution < -0.4 is 5.76 Å². The van der Waals surface area contributed by atoms with Crippen molar-refractivity contribution in [2.75, 3.05) is 13.7 Å². The number of benzene rings is 1. The lowest BCUT2D eigenvalue weighted by molar-refractivity contribution is -0.384. The smallest absolute Gasteiger partial charge is 0.408 e. The molecule has 2 aromatic rings. The van der Waals surface area contributed by atoms with Crippen molar-refractivity contribution >= 4 is 16.8 Å². The molecule has 8 nitrogen and oxygen atoms in total. The standard InChI is InChI=1S/C11H12N2O6/c1-18-6-8(14)5-12-9-4-7(13(16)17)2-3-10(9)19-11(12)15/h2-4,8,14H,5-6H2,1H3. The maximum absolute atomic E-state index is 11.6. The fraction of sp³-hybridized carbons (Fsp3) is 0.364. The van der Waals surface area contributed by atoms with E-state index in [1.54, 1.807) is 0 Å². The third kappa shape index (κ3) is 2.64. The number of nitrogens with zero attached hydrogens (tertiary/aromatic N) is 2. The van der Waals surface area contributed by atoms with Crippen LogP contribution in [0.5, 0.6) is 0 Å². The quantitative estimate of drug-likeness (QED) is 0.625. The van der Waals surface area contributed by atoms with Gasteiger partial charge in [0.2, 0.25) is 0 Å². The Bertz CT molecular complexity index is 659. The van der Waals surface area contributed by atoms with Gasteiger partial charge in [-0.1, -0.05) is 0 Å². The van der Waals surface area contributed by atoms with Crippen LogP contribution in [0.1, 0.15) is 0 Å². The Hall–Kier alpha value is -2.19. The molecule has 102 valence electrons. The average molecular weight is 268 g/mol. The Morgan fingerprint density at radius 1 is 1.58 bits per heavy atom. The Morgan fingerprint density at radius 2 is 2.32 bits per heavy atom. The van der Waals surface area contributed by atoms with E-state index in [4.69, 9.17) is 9.15 Å². The number of hydrogen-bond donors (Lipinski definition) is 1. The molecule has 1 aromatic heterocycles. The summed E-state index contributed by atoms with van der Waals surface area (Å²) in [7, 11) is 1.42. The number of aromatic nitrogens is 1. The number of nitro groups is 1. The number of aliphatic hydroxyl groups excluding tert-OH is 1. The van der Waals surface area contributed by atoms with E-state index in [0.29, 0.717) is 0 Å². The van der Waals surface area contributed by atoms with Crippen LogP contribution in [0.3, 0.4) is 0 Å². The van der Waals surface area contributed by atoms with Gasteiger partial charge in [-0.3, -0.25) is 14.7 Å². The second-order valence-corrected chi connectivity index (χ2v) is 4.00. The molecule has 1 N–H and O–H groups in total. The summed E-state index contributed by atoms with van der Waals surface area (Å²) in [6, 6.07) is 3.84. The molecule has 0 saturated heterocycles. The third-order valence-corrected chi connectivity index (χ3v) is 2.61. The largest absolute Gasteiger partial charge is 0.420 e. The predicted molar refractivity (Wildman–Crippen MR) is 65.0 cm³/mol. The molecule has 1 aromatic carbocycles. The Labute approximate surface area is 107 Å². The fourth-order valence-electron chi connectivity index (χ4n) is 1.79. The number of methoxy groups -OCH3 is 1. The van der Waals surface area contributed by atoms with Gasteiger partial charge in [-0.15, -0.1) is 0 Å². The monoisotopic (exact) mass is 268 g/mol.